The van der Waals surface area contributed by atoms with E-state index in [0.29, 0.717) is 13.0 Å². The van der Waals surface area contributed by atoms with E-state index in [0.717, 1.165) is 28.1 Å². The van der Waals surface area contributed by atoms with E-state index in [4.69, 9.17) is 4.74 Å². The Hall–Kier alpha value is -2.38. The lowest BCUT2D eigenvalue weighted by atomic mass is 10.1. The van der Waals surface area contributed by atoms with Crippen LogP contribution in [0.15, 0.2) is 41.3 Å². The number of nitrogens with one attached hydrogen (secondary N) is 1. The number of rotatable bonds is 6. The molecule has 0 saturated carbocycles. The molecular formula is C20H24N2O4S. The van der Waals surface area contributed by atoms with Crippen molar-refractivity contribution in [3.8, 4) is 5.75 Å². The van der Waals surface area contributed by atoms with Gasteiger partial charge in [-0.2, -0.15) is 0 Å². The van der Waals surface area contributed by atoms with Gasteiger partial charge in [-0.25, -0.2) is 13.1 Å². The van der Waals surface area contributed by atoms with Crippen LogP contribution in [-0.4, -0.2) is 34.0 Å². The van der Waals surface area contributed by atoms with Gasteiger partial charge in [0.2, 0.25) is 15.9 Å². The number of ether oxygens (including phenoxy) is 1. The predicted octanol–water partition coefficient (Wildman–Crippen LogP) is 2.57. The normalized spacial score (nSPS) is 13.5. The third-order valence-electron chi connectivity index (χ3n) is 4.84. The summed E-state index contributed by atoms with van der Waals surface area (Å²) < 4.78 is 33.3. The number of fused-ring (bicyclic) bond motifs is 1. The molecule has 0 aromatic heterocycles. The Balaban J connectivity index is 1.62. The van der Waals surface area contributed by atoms with E-state index in [1.807, 2.05) is 32.0 Å². The summed E-state index contributed by atoms with van der Waals surface area (Å²) >= 11 is 0. The highest BCUT2D eigenvalue weighted by Gasteiger charge is 2.24. The minimum Gasteiger partial charge on any atom is -0.492 e. The Bertz CT molecular complexity index is 970. The number of aryl methyl sites for hydroxylation is 1. The smallest absolute Gasteiger partial charge is 0.240 e. The maximum Gasteiger partial charge on any atom is 0.240 e. The summed E-state index contributed by atoms with van der Waals surface area (Å²) in [5, 5.41) is 0. The molecule has 0 radical (unpaired) electrons. The first-order chi connectivity index (χ1) is 12.8. The van der Waals surface area contributed by atoms with Crippen molar-refractivity contribution in [2.24, 2.45) is 0 Å². The highest BCUT2D eigenvalue weighted by molar-refractivity contribution is 7.89. The van der Waals surface area contributed by atoms with Gasteiger partial charge in [0.1, 0.15) is 12.4 Å². The molecule has 144 valence electrons. The third kappa shape index (κ3) is 4.14. The van der Waals surface area contributed by atoms with Crippen molar-refractivity contribution in [2.75, 3.05) is 24.6 Å². The van der Waals surface area contributed by atoms with Gasteiger partial charge < -0.3 is 9.64 Å². The molecule has 7 heteroatoms. The van der Waals surface area contributed by atoms with Crippen LogP contribution in [0.2, 0.25) is 0 Å². The minimum atomic E-state index is -3.63. The van der Waals surface area contributed by atoms with E-state index < -0.39 is 10.0 Å². The Morgan fingerprint density at radius 1 is 1.22 bits per heavy atom. The number of amides is 1. The standard InChI is InChI=1S/C20H24N2O4S/c1-14-5-4-6-20(15(14)2)26-12-10-21-27(24,25)18-7-8-19-17(13-18)9-11-22(19)16(3)23/h4-8,13,21H,9-12H2,1-3H3. The maximum absolute atomic E-state index is 12.5. The molecule has 1 aliphatic heterocycles. The van der Waals surface area contributed by atoms with Crippen molar-refractivity contribution in [2.45, 2.75) is 32.1 Å². The summed E-state index contributed by atoms with van der Waals surface area (Å²) in [5.74, 6) is 0.724. The fourth-order valence-electron chi connectivity index (χ4n) is 3.17. The fraction of sp³-hybridized carbons (Fsp3) is 0.350. The lowest BCUT2D eigenvalue weighted by Gasteiger charge is -2.15. The van der Waals surface area contributed by atoms with Gasteiger partial charge in [-0.05, 0) is 61.2 Å². The zero-order chi connectivity index (χ0) is 19.6. The molecule has 1 amide bonds. The summed E-state index contributed by atoms with van der Waals surface area (Å²) in [7, 11) is -3.63. The predicted molar refractivity (Wildman–Crippen MR) is 105 cm³/mol. The minimum absolute atomic E-state index is 0.0360. The first-order valence-electron chi connectivity index (χ1n) is 8.89. The first kappa shape index (κ1) is 19.4. The first-order valence-corrected chi connectivity index (χ1v) is 10.4. The van der Waals surface area contributed by atoms with Crippen LogP contribution in [0, 0.1) is 13.8 Å². The van der Waals surface area contributed by atoms with Gasteiger partial charge in [-0.15, -0.1) is 0 Å². The van der Waals surface area contributed by atoms with Crippen LogP contribution in [0.25, 0.3) is 0 Å². The highest BCUT2D eigenvalue weighted by atomic mass is 32.2. The van der Waals surface area contributed by atoms with Crippen molar-refractivity contribution in [1.29, 1.82) is 0 Å². The van der Waals surface area contributed by atoms with Crippen molar-refractivity contribution in [1.82, 2.24) is 4.72 Å². The number of benzene rings is 2. The summed E-state index contributed by atoms with van der Waals surface area (Å²) in [6.45, 7) is 6.50. The third-order valence-corrected chi connectivity index (χ3v) is 6.30. The van der Waals surface area contributed by atoms with E-state index in [1.165, 1.54) is 13.0 Å². The molecule has 0 atom stereocenters. The molecule has 2 aromatic carbocycles. The Morgan fingerprint density at radius 3 is 2.74 bits per heavy atom. The van der Waals surface area contributed by atoms with Crippen LogP contribution in [-0.2, 0) is 21.2 Å². The van der Waals surface area contributed by atoms with Crippen LogP contribution in [0.5, 0.6) is 5.75 Å². The van der Waals surface area contributed by atoms with Crippen molar-refractivity contribution in [3.63, 3.8) is 0 Å². The van der Waals surface area contributed by atoms with Crippen LogP contribution < -0.4 is 14.4 Å². The van der Waals surface area contributed by atoms with Crippen molar-refractivity contribution >= 4 is 21.6 Å². The molecule has 1 N–H and O–H groups in total. The molecule has 0 bridgehead atoms. The molecule has 6 nitrogen and oxygen atoms in total. The molecule has 0 fully saturated rings. The highest BCUT2D eigenvalue weighted by Crippen LogP contribution is 2.30. The summed E-state index contributed by atoms with van der Waals surface area (Å²) in [5.41, 5.74) is 3.85. The Labute approximate surface area is 160 Å². The van der Waals surface area contributed by atoms with Crippen molar-refractivity contribution in [3.05, 3.63) is 53.1 Å². The lowest BCUT2D eigenvalue weighted by molar-refractivity contribution is -0.116. The van der Waals surface area contributed by atoms with Crippen LogP contribution >= 0.6 is 0 Å². The molecular weight excluding hydrogens is 364 g/mol. The molecule has 27 heavy (non-hydrogen) atoms. The van der Waals surface area contributed by atoms with E-state index in [9.17, 15) is 13.2 Å². The number of anilines is 1. The molecule has 0 unspecified atom stereocenters. The quantitative estimate of drug-likeness (QED) is 0.772. The van der Waals surface area contributed by atoms with E-state index in [1.54, 1.807) is 17.0 Å². The van der Waals surface area contributed by atoms with E-state index in [2.05, 4.69) is 4.72 Å². The summed E-state index contributed by atoms with van der Waals surface area (Å²) in [4.78, 5) is 13.5. The van der Waals surface area contributed by atoms with Gasteiger partial charge in [-0.1, -0.05) is 12.1 Å². The second kappa shape index (κ2) is 7.70. The molecule has 0 spiro atoms. The topological polar surface area (TPSA) is 75.7 Å². The zero-order valence-corrected chi connectivity index (χ0v) is 16.6. The molecule has 3 rings (SSSR count). The monoisotopic (exact) mass is 388 g/mol. The van der Waals surface area contributed by atoms with E-state index in [-0.39, 0.29) is 24.0 Å². The second-order valence-corrected chi connectivity index (χ2v) is 8.42. The Kier molecular flexibility index (Phi) is 5.53. The molecule has 1 aliphatic rings. The van der Waals surface area contributed by atoms with Crippen LogP contribution in [0.1, 0.15) is 23.6 Å². The largest absolute Gasteiger partial charge is 0.492 e. The number of hydrogen-bond acceptors (Lipinski definition) is 4. The van der Waals surface area contributed by atoms with Crippen LogP contribution in [0.3, 0.4) is 0 Å². The zero-order valence-electron chi connectivity index (χ0n) is 15.8. The maximum atomic E-state index is 12.5. The lowest BCUT2D eigenvalue weighted by Crippen LogP contribution is -2.28. The summed E-state index contributed by atoms with van der Waals surface area (Å²) in [6, 6.07) is 10.7. The number of carbonyl (C=O) groups is 1. The average Bonchev–Trinajstić information content (AvgIpc) is 3.05. The molecule has 1 heterocycles. The second-order valence-electron chi connectivity index (χ2n) is 6.66. The van der Waals surface area contributed by atoms with Gasteiger partial charge >= 0.3 is 0 Å². The Morgan fingerprint density at radius 2 is 2.00 bits per heavy atom. The van der Waals surface area contributed by atoms with Gasteiger partial charge in [0.15, 0.2) is 0 Å². The van der Waals surface area contributed by atoms with Gasteiger partial charge in [0, 0.05) is 25.7 Å². The van der Waals surface area contributed by atoms with Gasteiger partial charge in [0.05, 0.1) is 4.90 Å². The molecule has 0 saturated heterocycles. The van der Waals surface area contributed by atoms with Gasteiger partial charge in [0.25, 0.3) is 0 Å². The number of nitrogens with zero attached hydrogens (tertiary/aromatic N) is 1. The average molecular weight is 388 g/mol. The SMILES string of the molecule is CC(=O)N1CCc2cc(S(=O)(=O)NCCOc3cccc(C)c3C)ccc21. The fourth-order valence-corrected chi connectivity index (χ4v) is 4.24. The van der Waals surface area contributed by atoms with Crippen molar-refractivity contribution < 1.29 is 17.9 Å². The molecule has 2 aromatic rings. The number of sulfonamides is 1. The number of hydrogen-bond donors (Lipinski definition) is 1. The van der Waals surface area contributed by atoms with Gasteiger partial charge in [-0.3, -0.25) is 4.79 Å². The number of carbonyl (C=O) groups excluding carboxylic acids is 1. The van der Waals surface area contributed by atoms with Crippen LogP contribution in [0.4, 0.5) is 5.69 Å². The molecule has 0 aliphatic carbocycles. The van der Waals surface area contributed by atoms with E-state index >= 15 is 0 Å². The summed E-state index contributed by atoms with van der Waals surface area (Å²) in [6.07, 6.45) is 0.661.